The Labute approximate surface area is 162 Å². The van der Waals surface area contributed by atoms with Crippen molar-refractivity contribution in [3.8, 4) is 0 Å². The van der Waals surface area contributed by atoms with Gasteiger partial charge in [-0.1, -0.05) is 28.1 Å². The molecule has 5 aliphatic rings. The van der Waals surface area contributed by atoms with Gasteiger partial charge in [0.2, 0.25) is 5.91 Å². The third-order valence-electron chi connectivity index (χ3n) is 6.80. The van der Waals surface area contributed by atoms with Crippen molar-refractivity contribution in [1.29, 1.82) is 0 Å². The van der Waals surface area contributed by atoms with Crippen LogP contribution in [0.4, 0.5) is 5.69 Å². The van der Waals surface area contributed by atoms with Gasteiger partial charge in [0, 0.05) is 10.4 Å². The summed E-state index contributed by atoms with van der Waals surface area (Å²) in [6, 6.07) is 7.70. The minimum absolute atomic E-state index is 0.0779. The van der Waals surface area contributed by atoms with Crippen molar-refractivity contribution < 1.29 is 9.59 Å². The minimum atomic E-state index is -0.270. The van der Waals surface area contributed by atoms with E-state index in [1.165, 1.54) is 19.3 Å². The Kier molecular flexibility index (Phi) is 3.76. The van der Waals surface area contributed by atoms with E-state index in [4.69, 9.17) is 0 Å². The van der Waals surface area contributed by atoms with Gasteiger partial charge in [0.25, 0.3) is 5.91 Å². The summed E-state index contributed by atoms with van der Waals surface area (Å²) in [4.78, 5) is 25.9. The lowest BCUT2D eigenvalue weighted by molar-refractivity contribution is -0.138. The van der Waals surface area contributed by atoms with Gasteiger partial charge in [0.05, 0.1) is 16.7 Å². The van der Waals surface area contributed by atoms with Gasteiger partial charge in [0.1, 0.15) is 0 Å². The molecule has 0 radical (unpaired) electrons. The van der Waals surface area contributed by atoms with Crippen LogP contribution in [0.3, 0.4) is 0 Å². The summed E-state index contributed by atoms with van der Waals surface area (Å²) in [7, 11) is 0. The van der Waals surface area contributed by atoms with E-state index in [-0.39, 0.29) is 21.6 Å². The molecule has 4 bridgehead atoms. The lowest BCUT2D eigenvalue weighted by atomic mass is 9.49. The summed E-state index contributed by atoms with van der Waals surface area (Å²) in [5.41, 5.74) is 0.953. The number of carbonyl (C=O) groups excluding carboxylic acids is 2. The SMILES string of the molecule is O=C(NC1CC1)c1ccccc1NC(=O)C12CC3CC(CC(Br)(C3)C1)C2. The molecule has 5 saturated carbocycles. The maximum atomic E-state index is 13.4. The molecule has 0 heterocycles. The van der Waals surface area contributed by atoms with E-state index in [2.05, 4.69) is 26.6 Å². The van der Waals surface area contributed by atoms with E-state index in [0.717, 1.165) is 32.1 Å². The van der Waals surface area contributed by atoms with Gasteiger partial charge in [0.15, 0.2) is 0 Å². The maximum Gasteiger partial charge on any atom is 0.253 e. The molecule has 6 rings (SSSR count). The van der Waals surface area contributed by atoms with Crippen LogP contribution in [0.1, 0.15) is 61.7 Å². The van der Waals surface area contributed by atoms with Crippen molar-refractivity contribution in [3.63, 3.8) is 0 Å². The Bertz CT molecular complexity index is 759. The molecule has 2 amide bonds. The first-order valence-electron chi connectivity index (χ1n) is 9.85. The summed E-state index contributed by atoms with van der Waals surface area (Å²) >= 11 is 3.97. The fraction of sp³-hybridized carbons (Fsp3) is 0.619. The molecule has 5 aliphatic carbocycles. The first kappa shape index (κ1) is 16.8. The summed E-state index contributed by atoms with van der Waals surface area (Å²) < 4.78 is 0.150. The van der Waals surface area contributed by atoms with E-state index in [9.17, 15) is 9.59 Å². The van der Waals surface area contributed by atoms with Crippen molar-refractivity contribution in [2.75, 3.05) is 5.32 Å². The highest BCUT2D eigenvalue weighted by atomic mass is 79.9. The molecule has 0 aromatic heterocycles. The quantitative estimate of drug-likeness (QED) is 0.720. The van der Waals surface area contributed by atoms with E-state index >= 15 is 0 Å². The van der Waals surface area contributed by atoms with Gasteiger partial charge in [-0.3, -0.25) is 9.59 Å². The van der Waals surface area contributed by atoms with E-state index in [0.29, 0.717) is 29.1 Å². The molecular weight excluding hydrogens is 392 g/mol. The van der Waals surface area contributed by atoms with E-state index in [1.807, 2.05) is 18.2 Å². The number of para-hydroxylation sites is 1. The standard InChI is InChI=1S/C21H25BrN2O2/c22-21-10-13-7-14(11-21)9-20(8-13,12-21)19(26)24-17-4-2-1-3-16(17)18(25)23-15-5-6-15/h1-4,13-15H,5-12H2,(H,23,25)(H,24,26). The monoisotopic (exact) mass is 416 g/mol. The van der Waals surface area contributed by atoms with Crippen LogP contribution in [0.15, 0.2) is 24.3 Å². The van der Waals surface area contributed by atoms with Gasteiger partial charge in [-0.2, -0.15) is 0 Å². The zero-order valence-corrected chi connectivity index (χ0v) is 16.5. The number of rotatable bonds is 4. The molecule has 4 nitrogen and oxygen atoms in total. The number of alkyl halides is 1. The van der Waals surface area contributed by atoms with Gasteiger partial charge in [-0.05, 0) is 75.3 Å². The van der Waals surface area contributed by atoms with Crippen molar-refractivity contribution in [3.05, 3.63) is 29.8 Å². The van der Waals surface area contributed by atoms with Crippen LogP contribution in [-0.2, 0) is 4.79 Å². The van der Waals surface area contributed by atoms with Crippen LogP contribution < -0.4 is 10.6 Å². The number of amides is 2. The zero-order valence-electron chi connectivity index (χ0n) is 14.9. The fourth-order valence-corrected chi connectivity index (χ4v) is 7.40. The molecule has 0 spiro atoms. The smallest absolute Gasteiger partial charge is 0.253 e. The van der Waals surface area contributed by atoms with E-state index in [1.54, 1.807) is 6.07 Å². The van der Waals surface area contributed by atoms with Gasteiger partial charge >= 0.3 is 0 Å². The van der Waals surface area contributed by atoms with Crippen LogP contribution in [0.2, 0.25) is 0 Å². The number of carbonyl (C=O) groups is 2. The number of benzene rings is 1. The van der Waals surface area contributed by atoms with Gasteiger partial charge in [-0.25, -0.2) is 0 Å². The topological polar surface area (TPSA) is 58.2 Å². The lowest BCUT2D eigenvalue weighted by Crippen LogP contribution is -2.57. The van der Waals surface area contributed by atoms with Crippen LogP contribution in [0.5, 0.6) is 0 Å². The Balaban J connectivity index is 1.38. The molecule has 0 aliphatic heterocycles. The van der Waals surface area contributed by atoms with Gasteiger partial charge in [-0.15, -0.1) is 0 Å². The molecule has 1 aromatic carbocycles. The molecule has 5 heteroatoms. The predicted octanol–water partition coefficient (Wildman–Crippen LogP) is 4.25. The minimum Gasteiger partial charge on any atom is -0.349 e. The maximum absolute atomic E-state index is 13.4. The first-order chi connectivity index (χ1) is 12.4. The second-order valence-corrected chi connectivity index (χ2v) is 10.8. The molecule has 138 valence electrons. The first-order valence-corrected chi connectivity index (χ1v) is 10.6. The summed E-state index contributed by atoms with van der Waals surface area (Å²) in [5, 5.41) is 6.17. The summed E-state index contributed by atoms with van der Waals surface area (Å²) in [6.45, 7) is 0. The van der Waals surface area contributed by atoms with Crippen molar-refractivity contribution in [1.82, 2.24) is 5.32 Å². The molecular formula is C21H25BrN2O2. The highest BCUT2D eigenvalue weighted by molar-refractivity contribution is 9.10. The van der Waals surface area contributed by atoms with Crippen LogP contribution in [0.25, 0.3) is 0 Å². The van der Waals surface area contributed by atoms with Crippen molar-refractivity contribution in [2.45, 2.75) is 61.7 Å². The Morgan fingerprint density at radius 3 is 2.38 bits per heavy atom. The molecule has 2 N–H and O–H groups in total. The predicted molar refractivity (Wildman–Crippen MR) is 104 cm³/mol. The average Bonchev–Trinajstić information content (AvgIpc) is 3.37. The third-order valence-corrected chi connectivity index (χ3v) is 7.73. The molecule has 1 aromatic rings. The number of nitrogens with one attached hydrogen (secondary N) is 2. The Morgan fingerprint density at radius 1 is 1.04 bits per heavy atom. The Hall–Kier alpha value is -1.36. The second kappa shape index (κ2) is 5.82. The van der Waals surface area contributed by atoms with Crippen LogP contribution in [0, 0.1) is 17.3 Å². The number of halogens is 1. The fourth-order valence-electron chi connectivity index (χ4n) is 5.95. The van der Waals surface area contributed by atoms with Crippen molar-refractivity contribution in [2.24, 2.45) is 17.3 Å². The summed E-state index contributed by atoms with van der Waals surface area (Å²) in [6.07, 6.45) is 8.73. The number of anilines is 1. The zero-order chi connectivity index (χ0) is 17.9. The number of hydrogen-bond donors (Lipinski definition) is 2. The van der Waals surface area contributed by atoms with Gasteiger partial charge < -0.3 is 10.6 Å². The number of hydrogen-bond acceptors (Lipinski definition) is 2. The second-order valence-electron chi connectivity index (χ2n) is 9.14. The van der Waals surface area contributed by atoms with Crippen molar-refractivity contribution >= 4 is 33.4 Å². The molecule has 2 atom stereocenters. The molecule has 5 fully saturated rings. The molecule has 0 saturated heterocycles. The lowest BCUT2D eigenvalue weighted by Gasteiger charge is -2.59. The Morgan fingerprint density at radius 2 is 1.73 bits per heavy atom. The highest BCUT2D eigenvalue weighted by Gasteiger charge is 2.59. The van der Waals surface area contributed by atoms with Crippen LogP contribution >= 0.6 is 15.9 Å². The normalized spacial score (nSPS) is 37.4. The highest BCUT2D eigenvalue weighted by Crippen LogP contribution is 2.64. The molecule has 2 unspecified atom stereocenters. The van der Waals surface area contributed by atoms with Crippen LogP contribution in [-0.4, -0.2) is 22.2 Å². The molecule has 26 heavy (non-hydrogen) atoms. The van der Waals surface area contributed by atoms with E-state index < -0.39 is 0 Å². The largest absolute Gasteiger partial charge is 0.349 e. The average molecular weight is 417 g/mol. The third kappa shape index (κ3) is 2.88. The summed E-state index contributed by atoms with van der Waals surface area (Å²) in [5.74, 6) is 1.36.